The van der Waals surface area contributed by atoms with Crippen LogP contribution in [-0.4, -0.2) is 37.5 Å². The predicted octanol–water partition coefficient (Wildman–Crippen LogP) is 2.32. The Morgan fingerprint density at radius 3 is 2.52 bits per heavy atom. The number of carbonyl (C=O) groups excluding carboxylic acids is 1. The highest BCUT2D eigenvalue weighted by atomic mass is 127. The van der Waals surface area contributed by atoms with Gasteiger partial charge in [-0.25, -0.2) is 4.98 Å². The van der Waals surface area contributed by atoms with Crippen molar-refractivity contribution in [1.82, 2.24) is 20.9 Å². The maximum Gasteiger partial charge on any atom is 0.227 e. The first kappa shape index (κ1) is 22.1. The molecule has 1 rings (SSSR count). The van der Waals surface area contributed by atoms with Gasteiger partial charge >= 0.3 is 0 Å². The van der Waals surface area contributed by atoms with Gasteiger partial charge in [0.25, 0.3) is 0 Å². The average molecular weight is 453 g/mol. The number of halogens is 1. The second-order valence-corrected chi connectivity index (χ2v) is 7.01. The van der Waals surface area contributed by atoms with Crippen molar-refractivity contribution in [1.29, 1.82) is 0 Å². The molecule has 132 valence electrons. The quantitative estimate of drug-likeness (QED) is 0.351. The summed E-state index contributed by atoms with van der Waals surface area (Å²) in [5.41, 5.74) is 0.615. The standard InChI is InChI=1S/C15H27N5OS.HI/c1-10(2)11-8-22-12(20-11)7-18-14(17-6)19-9-15(3,4)13(21)16-5;/h8,10H,7,9H2,1-6H3,(H,16,21)(H2,17,18,19);1H. The molecule has 6 nitrogen and oxygen atoms in total. The van der Waals surface area contributed by atoms with E-state index in [9.17, 15) is 4.79 Å². The van der Waals surface area contributed by atoms with Crippen molar-refractivity contribution in [2.75, 3.05) is 20.6 Å². The van der Waals surface area contributed by atoms with Crippen molar-refractivity contribution >= 4 is 47.2 Å². The van der Waals surface area contributed by atoms with Crippen molar-refractivity contribution in [3.05, 3.63) is 16.1 Å². The monoisotopic (exact) mass is 453 g/mol. The summed E-state index contributed by atoms with van der Waals surface area (Å²) >= 11 is 1.64. The maximum absolute atomic E-state index is 11.8. The van der Waals surface area contributed by atoms with E-state index in [0.29, 0.717) is 25.0 Å². The van der Waals surface area contributed by atoms with Gasteiger partial charge in [-0.05, 0) is 19.8 Å². The Kier molecular flexibility index (Phi) is 9.67. The highest BCUT2D eigenvalue weighted by Gasteiger charge is 2.26. The van der Waals surface area contributed by atoms with Crippen LogP contribution in [0.4, 0.5) is 0 Å². The van der Waals surface area contributed by atoms with E-state index in [1.54, 1.807) is 25.4 Å². The minimum atomic E-state index is -0.502. The van der Waals surface area contributed by atoms with Crippen LogP contribution in [0.3, 0.4) is 0 Å². The molecule has 0 fully saturated rings. The van der Waals surface area contributed by atoms with E-state index in [0.717, 1.165) is 10.7 Å². The normalized spacial score (nSPS) is 11.9. The molecule has 3 N–H and O–H groups in total. The Morgan fingerprint density at radius 2 is 2.04 bits per heavy atom. The zero-order valence-corrected chi connectivity index (χ0v) is 17.8. The molecule has 0 aliphatic carbocycles. The Balaban J connectivity index is 0.00000484. The molecule has 8 heteroatoms. The first-order valence-electron chi connectivity index (χ1n) is 7.41. The fourth-order valence-electron chi connectivity index (χ4n) is 1.77. The van der Waals surface area contributed by atoms with Crippen LogP contribution in [0.5, 0.6) is 0 Å². The molecule has 0 radical (unpaired) electrons. The summed E-state index contributed by atoms with van der Waals surface area (Å²) in [7, 11) is 3.36. The fourth-order valence-corrected chi connectivity index (χ4v) is 2.67. The van der Waals surface area contributed by atoms with Crippen molar-refractivity contribution in [3.8, 4) is 0 Å². The largest absolute Gasteiger partial charge is 0.359 e. The van der Waals surface area contributed by atoms with Crippen LogP contribution in [0.25, 0.3) is 0 Å². The number of hydrogen-bond acceptors (Lipinski definition) is 4. The van der Waals surface area contributed by atoms with Gasteiger partial charge in [0.05, 0.1) is 17.7 Å². The van der Waals surface area contributed by atoms with E-state index in [2.05, 4.69) is 45.2 Å². The number of thiazole rings is 1. The van der Waals surface area contributed by atoms with Gasteiger partial charge in [-0.3, -0.25) is 9.79 Å². The van der Waals surface area contributed by atoms with Crippen molar-refractivity contribution in [2.24, 2.45) is 10.4 Å². The van der Waals surface area contributed by atoms with Crippen LogP contribution in [0.15, 0.2) is 10.4 Å². The van der Waals surface area contributed by atoms with Gasteiger partial charge < -0.3 is 16.0 Å². The summed E-state index contributed by atoms with van der Waals surface area (Å²) < 4.78 is 0. The predicted molar refractivity (Wildman–Crippen MR) is 108 cm³/mol. The SMILES string of the molecule is CN=C(NCc1nc(C(C)C)cs1)NCC(C)(C)C(=O)NC.I. The number of nitrogens with zero attached hydrogens (tertiary/aromatic N) is 2. The maximum atomic E-state index is 11.8. The molecule has 0 spiro atoms. The van der Waals surface area contributed by atoms with Gasteiger partial charge in [-0.1, -0.05) is 13.8 Å². The van der Waals surface area contributed by atoms with Gasteiger partial charge in [0.1, 0.15) is 5.01 Å². The highest BCUT2D eigenvalue weighted by molar-refractivity contribution is 14.0. The van der Waals surface area contributed by atoms with Gasteiger partial charge in [-0.15, -0.1) is 35.3 Å². The molecule has 1 aromatic rings. The summed E-state index contributed by atoms with van der Waals surface area (Å²) in [6, 6.07) is 0. The molecule has 0 bridgehead atoms. The fraction of sp³-hybridized carbons (Fsp3) is 0.667. The van der Waals surface area contributed by atoms with Crippen LogP contribution >= 0.6 is 35.3 Å². The van der Waals surface area contributed by atoms with Crippen LogP contribution in [-0.2, 0) is 11.3 Å². The third kappa shape index (κ3) is 7.03. The first-order valence-corrected chi connectivity index (χ1v) is 8.29. The third-order valence-electron chi connectivity index (χ3n) is 3.33. The summed E-state index contributed by atoms with van der Waals surface area (Å²) in [5, 5.41) is 12.2. The number of hydrogen-bond donors (Lipinski definition) is 3. The van der Waals surface area contributed by atoms with Crippen LogP contribution in [0.2, 0.25) is 0 Å². The average Bonchev–Trinajstić information content (AvgIpc) is 2.95. The van der Waals surface area contributed by atoms with Crippen LogP contribution < -0.4 is 16.0 Å². The van der Waals surface area contributed by atoms with Crippen molar-refractivity contribution < 1.29 is 4.79 Å². The number of carbonyl (C=O) groups is 1. The molecule has 0 saturated heterocycles. The molecule has 0 aromatic carbocycles. The number of aliphatic imine (C=N–C) groups is 1. The van der Waals surface area contributed by atoms with E-state index < -0.39 is 5.41 Å². The molecule has 23 heavy (non-hydrogen) atoms. The van der Waals surface area contributed by atoms with E-state index >= 15 is 0 Å². The van der Waals surface area contributed by atoms with Gasteiger partial charge in [0.2, 0.25) is 5.91 Å². The Morgan fingerprint density at radius 1 is 1.39 bits per heavy atom. The van der Waals surface area contributed by atoms with Crippen molar-refractivity contribution in [2.45, 2.75) is 40.2 Å². The van der Waals surface area contributed by atoms with Crippen LogP contribution in [0.1, 0.15) is 44.3 Å². The topological polar surface area (TPSA) is 78.4 Å². The number of aromatic nitrogens is 1. The van der Waals surface area contributed by atoms with E-state index in [-0.39, 0.29) is 29.9 Å². The molecule has 0 aliphatic rings. The third-order valence-corrected chi connectivity index (χ3v) is 4.20. The van der Waals surface area contributed by atoms with Gasteiger partial charge in [0.15, 0.2) is 5.96 Å². The molecule has 0 atom stereocenters. The second-order valence-electron chi connectivity index (χ2n) is 6.06. The van der Waals surface area contributed by atoms with Crippen LogP contribution in [0, 0.1) is 5.41 Å². The summed E-state index contributed by atoms with van der Waals surface area (Å²) in [4.78, 5) is 20.5. The van der Waals surface area contributed by atoms with Gasteiger partial charge in [0, 0.05) is 26.0 Å². The Bertz CT molecular complexity index is 528. The first-order chi connectivity index (χ1) is 10.3. The lowest BCUT2D eigenvalue weighted by Gasteiger charge is -2.24. The van der Waals surface area contributed by atoms with E-state index in [4.69, 9.17) is 0 Å². The zero-order chi connectivity index (χ0) is 16.8. The molecule has 1 heterocycles. The number of guanidine groups is 1. The molecule has 0 aliphatic heterocycles. The number of amides is 1. The molecule has 1 aromatic heterocycles. The second kappa shape index (κ2) is 10.1. The lowest BCUT2D eigenvalue weighted by Crippen LogP contribution is -2.47. The molecule has 0 unspecified atom stereocenters. The minimum absolute atomic E-state index is 0. The molecular weight excluding hydrogens is 425 g/mol. The lowest BCUT2D eigenvalue weighted by molar-refractivity contribution is -0.128. The highest BCUT2D eigenvalue weighted by Crippen LogP contribution is 2.17. The van der Waals surface area contributed by atoms with E-state index in [1.165, 1.54) is 0 Å². The number of nitrogens with one attached hydrogen (secondary N) is 3. The molecule has 0 saturated carbocycles. The molecule has 1 amide bonds. The lowest BCUT2D eigenvalue weighted by atomic mass is 9.92. The number of rotatable bonds is 6. The minimum Gasteiger partial charge on any atom is -0.359 e. The zero-order valence-electron chi connectivity index (χ0n) is 14.7. The smallest absolute Gasteiger partial charge is 0.227 e. The summed E-state index contributed by atoms with van der Waals surface area (Å²) in [6.45, 7) is 9.17. The molecular formula is C15H28IN5OS. The summed E-state index contributed by atoms with van der Waals surface area (Å²) in [6.07, 6.45) is 0. The van der Waals surface area contributed by atoms with Gasteiger partial charge in [-0.2, -0.15) is 0 Å². The van der Waals surface area contributed by atoms with E-state index in [1.807, 2.05) is 13.8 Å². The Labute approximate surface area is 160 Å². The Hall–Kier alpha value is -0.900. The summed E-state index contributed by atoms with van der Waals surface area (Å²) in [5.74, 6) is 1.10. The van der Waals surface area contributed by atoms with Crippen molar-refractivity contribution in [3.63, 3.8) is 0 Å².